The number of aromatic nitrogens is 2. The van der Waals surface area contributed by atoms with Crippen LogP contribution in [-0.2, 0) is 27.4 Å². The molecular weight excluding hydrogens is 461 g/mol. The number of carbonyl (C=O) groups excluding carboxylic acids is 1. The fourth-order valence-electron chi connectivity index (χ4n) is 3.54. The molecule has 33 heavy (non-hydrogen) atoms. The lowest BCUT2D eigenvalue weighted by atomic mass is 9.97. The topological polar surface area (TPSA) is 105 Å². The third-order valence-corrected chi connectivity index (χ3v) is 7.39. The predicted molar refractivity (Wildman–Crippen MR) is 113 cm³/mol. The lowest BCUT2D eigenvalue weighted by Gasteiger charge is -2.30. The molecule has 0 aliphatic carbocycles. The predicted octanol–water partition coefficient (Wildman–Crippen LogP) is 3.36. The van der Waals surface area contributed by atoms with E-state index in [1.54, 1.807) is 0 Å². The number of halogens is 3. The monoisotopic (exact) mass is 488 g/mol. The van der Waals surface area contributed by atoms with E-state index >= 15 is 0 Å². The molecule has 0 bridgehead atoms. The van der Waals surface area contributed by atoms with Crippen LogP contribution in [0.25, 0.3) is 0 Å². The molecule has 0 unspecified atom stereocenters. The van der Waals surface area contributed by atoms with Crippen LogP contribution in [0.1, 0.15) is 56.3 Å². The van der Waals surface area contributed by atoms with E-state index in [2.05, 4.69) is 15.5 Å². The van der Waals surface area contributed by atoms with Gasteiger partial charge in [0.2, 0.25) is 21.8 Å². The zero-order valence-electron chi connectivity index (χ0n) is 18.4. The Morgan fingerprint density at radius 2 is 1.97 bits per heavy atom. The first-order valence-electron chi connectivity index (χ1n) is 10.8. The third-order valence-electron chi connectivity index (χ3n) is 5.49. The summed E-state index contributed by atoms with van der Waals surface area (Å²) >= 11 is 0. The Hall–Kier alpha value is -2.47. The molecule has 1 amide bonds. The molecule has 12 heteroatoms. The van der Waals surface area contributed by atoms with Crippen LogP contribution in [-0.4, -0.2) is 48.4 Å². The van der Waals surface area contributed by atoms with Gasteiger partial charge in [0.15, 0.2) is 5.82 Å². The van der Waals surface area contributed by atoms with Crippen molar-refractivity contribution in [2.45, 2.75) is 56.5 Å². The molecule has 0 saturated carbocycles. The number of carbonyl (C=O) groups is 1. The zero-order valence-corrected chi connectivity index (χ0v) is 19.2. The van der Waals surface area contributed by atoms with Gasteiger partial charge in [0, 0.05) is 37.9 Å². The molecule has 1 aliphatic heterocycles. The van der Waals surface area contributed by atoms with Gasteiger partial charge in [-0.05, 0) is 37.5 Å². The largest absolute Gasteiger partial charge is 0.416 e. The van der Waals surface area contributed by atoms with E-state index in [0.29, 0.717) is 50.0 Å². The highest BCUT2D eigenvalue weighted by Crippen LogP contribution is 2.32. The molecule has 1 saturated heterocycles. The van der Waals surface area contributed by atoms with Gasteiger partial charge in [0.1, 0.15) is 0 Å². The van der Waals surface area contributed by atoms with Gasteiger partial charge in [-0.3, -0.25) is 4.79 Å². The van der Waals surface area contributed by atoms with Gasteiger partial charge in [-0.2, -0.15) is 22.5 Å². The second-order valence-electron chi connectivity index (χ2n) is 8.30. The summed E-state index contributed by atoms with van der Waals surface area (Å²) in [5, 5.41) is 6.73. The maximum Gasteiger partial charge on any atom is 0.416 e. The van der Waals surface area contributed by atoms with Crippen molar-refractivity contribution in [3.05, 3.63) is 41.5 Å². The van der Waals surface area contributed by atoms with Crippen molar-refractivity contribution in [2.24, 2.45) is 5.92 Å². The number of hydrogen-bond donors (Lipinski definition) is 1. The molecular formula is C21H27F3N4O4S. The first kappa shape index (κ1) is 25.2. The number of hydrogen-bond acceptors (Lipinski definition) is 6. The summed E-state index contributed by atoms with van der Waals surface area (Å²) in [5.74, 6) is 0.806. The molecule has 0 spiro atoms. The standard InChI is InChI=1S/C21H27F3N4O4S/c1-14(2)19-26-18(32-27-19)7-4-10-25-20(29)15-8-11-28(12-9-15)33(30,31)17-6-3-5-16(13-17)21(22,23)24/h3,5-6,13-15H,4,7-12H2,1-2H3,(H,25,29). The van der Waals surface area contributed by atoms with E-state index in [0.717, 1.165) is 22.5 Å². The quantitative estimate of drug-likeness (QED) is 0.572. The maximum absolute atomic E-state index is 12.9. The summed E-state index contributed by atoms with van der Waals surface area (Å²) in [6, 6.07) is 3.70. The summed E-state index contributed by atoms with van der Waals surface area (Å²) in [6.45, 7) is 4.48. The molecule has 1 fully saturated rings. The minimum Gasteiger partial charge on any atom is -0.356 e. The molecule has 0 radical (unpaired) electrons. The van der Waals surface area contributed by atoms with Crippen LogP contribution in [0.2, 0.25) is 0 Å². The molecule has 182 valence electrons. The van der Waals surface area contributed by atoms with E-state index in [-0.39, 0.29) is 30.8 Å². The average molecular weight is 489 g/mol. The van der Waals surface area contributed by atoms with Crippen LogP contribution < -0.4 is 5.32 Å². The first-order chi connectivity index (χ1) is 15.5. The maximum atomic E-state index is 12.9. The van der Waals surface area contributed by atoms with Crippen molar-refractivity contribution in [1.29, 1.82) is 0 Å². The molecule has 1 aliphatic rings. The number of nitrogens with one attached hydrogen (secondary N) is 1. The Kier molecular flexibility index (Phi) is 7.78. The summed E-state index contributed by atoms with van der Waals surface area (Å²) < 4.78 is 70.6. The summed E-state index contributed by atoms with van der Waals surface area (Å²) in [6.07, 6.45) is -2.88. The number of nitrogens with zero attached hydrogens (tertiary/aromatic N) is 3. The minimum atomic E-state index is -4.63. The number of piperidine rings is 1. The van der Waals surface area contributed by atoms with Crippen LogP contribution >= 0.6 is 0 Å². The molecule has 1 N–H and O–H groups in total. The Morgan fingerprint density at radius 3 is 2.58 bits per heavy atom. The molecule has 0 atom stereocenters. The molecule has 8 nitrogen and oxygen atoms in total. The SMILES string of the molecule is CC(C)c1noc(CCCNC(=O)C2CCN(S(=O)(=O)c3cccc(C(F)(F)F)c3)CC2)n1. The van der Waals surface area contributed by atoms with Crippen molar-refractivity contribution in [2.75, 3.05) is 19.6 Å². The number of aryl methyl sites for hydroxylation is 1. The van der Waals surface area contributed by atoms with Gasteiger partial charge in [-0.15, -0.1) is 0 Å². The Balaban J connectivity index is 1.47. The molecule has 1 aromatic carbocycles. The van der Waals surface area contributed by atoms with Crippen molar-refractivity contribution >= 4 is 15.9 Å². The van der Waals surface area contributed by atoms with Crippen molar-refractivity contribution in [1.82, 2.24) is 19.8 Å². The van der Waals surface area contributed by atoms with Gasteiger partial charge in [0.05, 0.1) is 10.5 Å². The number of benzene rings is 1. The van der Waals surface area contributed by atoms with Crippen LogP contribution in [0.3, 0.4) is 0 Å². The van der Waals surface area contributed by atoms with Crippen molar-refractivity contribution in [3.63, 3.8) is 0 Å². The molecule has 1 aromatic heterocycles. The van der Waals surface area contributed by atoms with Gasteiger partial charge in [-0.25, -0.2) is 8.42 Å². The second-order valence-corrected chi connectivity index (χ2v) is 10.2. The van der Waals surface area contributed by atoms with E-state index < -0.39 is 26.7 Å². The lowest BCUT2D eigenvalue weighted by Crippen LogP contribution is -2.43. The Labute approximate surface area is 190 Å². The number of amides is 1. The average Bonchev–Trinajstić information content (AvgIpc) is 3.25. The van der Waals surface area contributed by atoms with Gasteiger partial charge in [-0.1, -0.05) is 25.1 Å². The fourth-order valence-corrected chi connectivity index (χ4v) is 5.06. The Bertz CT molecular complexity index is 1060. The third kappa shape index (κ3) is 6.32. The smallest absolute Gasteiger partial charge is 0.356 e. The lowest BCUT2D eigenvalue weighted by molar-refractivity contribution is -0.137. The van der Waals surface area contributed by atoms with Crippen LogP contribution in [0, 0.1) is 5.92 Å². The number of rotatable bonds is 8. The highest BCUT2D eigenvalue weighted by molar-refractivity contribution is 7.89. The van der Waals surface area contributed by atoms with E-state index in [1.807, 2.05) is 13.8 Å². The van der Waals surface area contributed by atoms with Crippen LogP contribution in [0.15, 0.2) is 33.7 Å². The zero-order chi connectivity index (χ0) is 24.2. The van der Waals surface area contributed by atoms with Crippen LogP contribution in [0.5, 0.6) is 0 Å². The van der Waals surface area contributed by atoms with Gasteiger partial charge < -0.3 is 9.84 Å². The highest BCUT2D eigenvalue weighted by Gasteiger charge is 2.35. The summed E-state index contributed by atoms with van der Waals surface area (Å²) in [5.41, 5.74) is -1.02. The normalized spacial score (nSPS) is 16.3. The van der Waals surface area contributed by atoms with Crippen molar-refractivity contribution in [3.8, 4) is 0 Å². The van der Waals surface area contributed by atoms with Crippen LogP contribution in [0.4, 0.5) is 13.2 Å². The molecule has 3 rings (SSSR count). The van der Waals surface area contributed by atoms with E-state index in [9.17, 15) is 26.4 Å². The fraction of sp³-hybridized carbons (Fsp3) is 0.571. The number of alkyl halides is 3. The summed E-state index contributed by atoms with van der Waals surface area (Å²) in [7, 11) is -4.07. The van der Waals surface area contributed by atoms with E-state index in [1.165, 1.54) is 0 Å². The van der Waals surface area contributed by atoms with Gasteiger partial charge in [0.25, 0.3) is 0 Å². The summed E-state index contributed by atoms with van der Waals surface area (Å²) in [4.78, 5) is 16.3. The minimum absolute atomic E-state index is 0.0661. The molecule has 2 aromatic rings. The van der Waals surface area contributed by atoms with Crippen molar-refractivity contribution < 1.29 is 30.9 Å². The van der Waals surface area contributed by atoms with E-state index in [4.69, 9.17) is 4.52 Å². The first-order valence-corrected chi connectivity index (χ1v) is 12.2. The molecule has 2 heterocycles. The highest BCUT2D eigenvalue weighted by atomic mass is 32.2. The Morgan fingerprint density at radius 1 is 1.27 bits per heavy atom. The number of sulfonamides is 1. The second kappa shape index (κ2) is 10.2. The van der Waals surface area contributed by atoms with Gasteiger partial charge >= 0.3 is 6.18 Å².